The standard InChI is InChI=1S/C14H20N2O2S/c1-10-4-5-11(16(17)18)8-12(10)15-13-9-19-7-6-14(13,2)3/h4-5,8,13,15H,6-7,9H2,1-3H3. The molecule has 0 amide bonds. The summed E-state index contributed by atoms with van der Waals surface area (Å²) in [5, 5.41) is 14.4. The Labute approximate surface area is 118 Å². The molecule has 0 aromatic heterocycles. The average Bonchev–Trinajstić information content (AvgIpc) is 2.34. The monoisotopic (exact) mass is 280 g/mol. The van der Waals surface area contributed by atoms with Crippen molar-refractivity contribution < 1.29 is 4.92 Å². The first-order valence-electron chi connectivity index (χ1n) is 6.49. The number of nitro benzene ring substituents is 1. The fourth-order valence-corrected chi connectivity index (χ4v) is 3.85. The first-order chi connectivity index (χ1) is 8.90. The number of aryl methyl sites for hydroxylation is 1. The number of nitrogens with zero attached hydrogens (tertiary/aromatic N) is 1. The van der Waals surface area contributed by atoms with Gasteiger partial charge >= 0.3 is 0 Å². The molecule has 104 valence electrons. The van der Waals surface area contributed by atoms with E-state index in [9.17, 15) is 10.1 Å². The average molecular weight is 280 g/mol. The van der Waals surface area contributed by atoms with E-state index in [2.05, 4.69) is 19.2 Å². The van der Waals surface area contributed by atoms with Crippen LogP contribution in [-0.2, 0) is 0 Å². The molecule has 1 aromatic carbocycles. The molecule has 0 radical (unpaired) electrons. The molecule has 1 atom stereocenters. The number of non-ortho nitro benzene ring substituents is 1. The molecule has 1 heterocycles. The van der Waals surface area contributed by atoms with Crippen LogP contribution in [0.1, 0.15) is 25.8 Å². The van der Waals surface area contributed by atoms with Crippen LogP contribution in [0.3, 0.4) is 0 Å². The lowest BCUT2D eigenvalue weighted by atomic mass is 9.82. The van der Waals surface area contributed by atoms with E-state index < -0.39 is 0 Å². The van der Waals surface area contributed by atoms with Gasteiger partial charge in [-0.15, -0.1) is 0 Å². The van der Waals surface area contributed by atoms with Crippen molar-refractivity contribution in [3.05, 3.63) is 33.9 Å². The Morgan fingerprint density at radius 3 is 2.84 bits per heavy atom. The van der Waals surface area contributed by atoms with Gasteiger partial charge < -0.3 is 5.32 Å². The molecule has 0 spiro atoms. The first kappa shape index (κ1) is 14.2. The summed E-state index contributed by atoms with van der Waals surface area (Å²) in [6.07, 6.45) is 1.17. The lowest BCUT2D eigenvalue weighted by Crippen LogP contribution is -2.41. The molecule has 5 heteroatoms. The van der Waals surface area contributed by atoms with E-state index in [4.69, 9.17) is 0 Å². The lowest BCUT2D eigenvalue weighted by Gasteiger charge is -2.39. The molecular weight excluding hydrogens is 260 g/mol. The van der Waals surface area contributed by atoms with Crippen molar-refractivity contribution in [3.63, 3.8) is 0 Å². The fourth-order valence-electron chi connectivity index (χ4n) is 2.24. The zero-order valence-electron chi connectivity index (χ0n) is 11.6. The second kappa shape index (κ2) is 5.41. The van der Waals surface area contributed by atoms with Gasteiger partial charge in [0.25, 0.3) is 5.69 Å². The van der Waals surface area contributed by atoms with Gasteiger partial charge in [-0.05, 0) is 30.1 Å². The second-order valence-corrected chi connectivity index (χ2v) is 6.92. The zero-order valence-corrected chi connectivity index (χ0v) is 12.4. The molecular formula is C14H20N2O2S. The van der Waals surface area contributed by atoms with Crippen LogP contribution in [0, 0.1) is 22.5 Å². The summed E-state index contributed by atoms with van der Waals surface area (Å²) >= 11 is 1.94. The SMILES string of the molecule is Cc1ccc([N+](=O)[O-])cc1NC1CSCCC1(C)C. The van der Waals surface area contributed by atoms with E-state index in [0.29, 0.717) is 6.04 Å². The van der Waals surface area contributed by atoms with Gasteiger partial charge in [-0.1, -0.05) is 19.9 Å². The number of anilines is 1. The molecule has 1 aliphatic rings. The highest BCUT2D eigenvalue weighted by molar-refractivity contribution is 7.99. The van der Waals surface area contributed by atoms with E-state index >= 15 is 0 Å². The van der Waals surface area contributed by atoms with E-state index in [1.165, 1.54) is 12.2 Å². The molecule has 0 saturated carbocycles. The van der Waals surface area contributed by atoms with Crippen molar-refractivity contribution in [3.8, 4) is 0 Å². The minimum atomic E-state index is -0.342. The predicted molar refractivity (Wildman–Crippen MR) is 81.0 cm³/mol. The first-order valence-corrected chi connectivity index (χ1v) is 7.65. The predicted octanol–water partition coefficient (Wildman–Crippen LogP) is 3.85. The Morgan fingerprint density at radius 1 is 1.47 bits per heavy atom. The third kappa shape index (κ3) is 3.21. The Morgan fingerprint density at radius 2 is 2.21 bits per heavy atom. The molecule has 1 aromatic rings. The molecule has 1 fully saturated rings. The van der Waals surface area contributed by atoms with Gasteiger partial charge in [0.2, 0.25) is 0 Å². The van der Waals surface area contributed by atoms with Crippen LogP contribution in [0.2, 0.25) is 0 Å². The molecule has 0 bridgehead atoms. The van der Waals surface area contributed by atoms with Crippen molar-refractivity contribution in [2.75, 3.05) is 16.8 Å². The van der Waals surface area contributed by atoms with Crippen molar-refractivity contribution in [2.24, 2.45) is 5.41 Å². The molecule has 2 rings (SSSR count). The van der Waals surface area contributed by atoms with E-state index in [1.807, 2.05) is 24.8 Å². The van der Waals surface area contributed by atoms with Gasteiger partial charge in [0.1, 0.15) is 0 Å². The van der Waals surface area contributed by atoms with Gasteiger partial charge in [0.05, 0.1) is 4.92 Å². The van der Waals surface area contributed by atoms with E-state index in [1.54, 1.807) is 12.1 Å². The number of benzene rings is 1. The van der Waals surface area contributed by atoms with Gasteiger partial charge in [0.15, 0.2) is 0 Å². The van der Waals surface area contributed by atoms with E-state index in [0.717, 1.165) is 17.0 Å². The Kier molecular flexibility index (Phi) is 4.04. The molecule has 19 heavy (non-hydrogen) atoms. The van der Waals surface area contributed by atoms with Crippen LogP contribution in [0.25, 0.3) is 0 Å². The molecule has 1 N–H and O–H groups in total. The Bertz CT molecular complexity index is 488. The zero-order chi connectivity index (χ0) is 14.0. The number of thioether (sulfide) groups is 1. The summed E-state index contributed by atoms with van der Waals surface area (Å²) < 4.78 is 0. The van der Waals surface area contributed by atoms with Crippen molar-refractivity contribution >= 4 is 23.1 Å². The third-order valence-corrected chi connectivity index (χ3v) is 4.94. The van der Waals surface area contributed by atoms with Gasteiger partial charge in [-0.25, -0.2) is 0 Å². The van der Waals surface area contributed by atoms with Crippen LogP contribution < -0.4 is 5.32 Å². The maximum atomic E-state index is 10.9. The smallest absolute Gasteiger partial charge is 0.271 e. The van der Waals surface area contributed by atoms with Gasteiger partial charge in [-0.3, -0.25) is 10.1 Å². The van der Waals surface area contributed by atoms with Crippen LogP contribution in [0.5, 0.6) is 0 Å². The largest absolute Gasteiger partial charge is 0.381 e. The van der Waals surface area contributed by atoms with Crippen LogP contribution in [-0.4, -0.2) is 22.5 Å². The minimum absolute atomic E-state index is 0.148. The molecule has 1 saturated heterocycles. The summed E-state index contributed by atoms with van der Waals surface area (Å²) in [6.45, 7) is 6.50. The normalized spacial score (nSPS) is 21.9. The Hall–Kier alpha value is -1.23. The lowest BCUT2D eigenvalue weighted by molar-refractivity contribution is -0.384. The molecule has 0 aliphatic carbocycles. The third-order valence-electron chi connectivity index (χ3n) is 3.88. The van der Waals surface area contributed by atoms with Crippen molar-refractivity contribution in [1.29, 1.82) is 0 Å². The van der Waals surface area contributed by atoms with Crippen molar-refractivity contribution in [1.82, 2.24) is 0 Å². The summed E-state index contributed by atoms with van der Waals surface area (Å²) in [4.78, 5) is 10.5. The van der Waals surface area contributed by atoms with Crippen LogP contribution in [0.4, 0.5) is 11.4 Å². The van der Waals surface area contributed by atoms with Gasteiger partial charge in [0, 0.05) is 29.6 Å². The summed E-state index contributed by atoms with van der Waals surface area (Å²) in [5.41, 5.74) is 2.31. The highest BCUT2D eigenvalue weighted by Gasteiger charge is 2.32. The summed E-state index contributed by atoms with van der Waals surface area (Å²) in [5.74, 6) is 2.24. The Balaban J connectivity index is 2.22. The van der Waals surface area contributed by atoms with Crippen LogP contribution in [0.15, 0.2) is 18.2 Å². The second-order valence-electron chi connectivity index (χ2n) is 5.77. The highest BCUT2D eigenvalue weighted by atomic mass is 32.2. The number of hydrogen-bond donors (Lipinski definition) is 1. The topological polar surface area (TPSA) is 55.2 Å². The van der Waals surface area contributed by atoms with E-state index in [-0.39, 0.29) is 16.0 Å². The number of hydrogen-bond acceptors (Lipinski definition) is 4. The maximum Gasteiger partial charge on any atom is 0.271 e. The number of nitrogens with one attached hydrogen (secondary N) is 1. The summed E-state index contributed by atoms with van der Waals surface area (Å²) in [7, 11) is 0. The molecule has 1 unspecified atom stereocenters. The quantitative estimate of drug-likeness (QED) is 0.675. The minimum Gasteiger partial charge on any atom is -0.381 e. The maximum absolute atomic E-state index is 10.9. The number of nitro groups is 1. The number of rotatable bonds is 3. The van der Waals surface area contributed by atoms with Gasteiger partial charge in [-0.2, -0.15) is 11.8 Å². The summed E-state index contributed by atoms with van der Waals surface area (Å²) in [6, 6.07) is 5.36. The van der Waals surface area contributed by atoms with Crippen LogP contribution >= 0.6 is 11.8 Å². The fraction of sp³-hybridized carbons (Fsp3) is 0.571. The molecule has 1 aliphatic heterocycles. The highest BCUT2D eigenvalue weighted by Crippen LogP contribution is 2.36. The molecule has 4 nitrogen and oxygen atoms in total. The van der Waals surface area contributed by atoms with Crippen molar-refractivity contribution in [2.45, 2.75) is 33.2 Å².